The third-order valence-corrected chi connectivity index (χ3v) is 5.25. The number of hydrogen-bond donors (Lipinski definition) is 1. The summed E-state index contributed by atoms with van der Waals surface area (Å²) in [6.45, 7) is 0.616. The van der Waals surface area contributed by atoms with Gasteiger partial charge in [-0.2, -0.15) is 5.10 Å². The van der Waals surface area contributed by atoms with E-state index in [1.165, 1.54) is 6.07 Å². The monoisotopic (exact) mass is 479 g/mol. The van der Waals surface area contributed by atoms with Crippen molar-refractivity contribution in [2.75, 3.05) is 5.32 Å². The fourth-order valence-electron chi connectivity index (χ4n) is 3.03. The highest BCUT2D eigenvalue weighted by Gasteiger charge is 2.10. The first-order valence-corrected chi connectivity index (χ1v) is 10.4. The molecule has 0 saturated carbocycles. The third kappa shape index (κ3) is 5.38. The highest BCUT2D eigenvalue weighted by Crippen LogP contribution is 2.24. The summed E-state index contributed by atoms with van der Waals surface area (Å²) in [7, 11) is 0. The second-order valence-corrected chi connectivity index (χ2v) is 7.72. The van der Waals surface area contributed by atoms with Gasteiger partial charge in [0.1, 0.15) is 18.2 Å². The largest absolute Gasteiger partial charge is 0.488 e. The number of nitrogens with one attached hydrogen (secondary N) is 1. The molecular formula is C24H19BrFN3O2. The molecule has 7 heteroatoms. The average Bonchev–Trinajstić information content (AvgIpc) is 3.22. The minimum atomic E-state index is -0.287. The molecule has 0 bridgehead atoms. The molecule has 0 aliphatic heterocycles. The predicted molar refractivity (Wildman–Crippen MR) is 121 cm³/mol. The lowest BCUT2D eigenvalue weighted by molar-refractivity contribution is 0.102. The normalized spacial score (nSPS) is 10.6. The van der Waals surface area contributed by atoms with Crippen LogP contribution in [0.1, 0.15) is 21.5 Å². The lowest BCUT2D eigenvalue weighted by Gasteiger charge is -2.09. The Balaban J connectivity index is 1.39. The number of rotatable bonds is 7. The molecule has 4 rings (SSSR count). The second kappa shape index (κ2) is 9.57. The smallest absolute Gasteiger partial charge is 0.256 e. The summed E-state index contributed by atoms with van der Waals surface area (Å²) in [6.07, 6.45) is 1.70. The van der Waals surface area contributed by atoms with Gasteiger partial charge in [0.2, 0.25) is 0 Å². The van der Waals surface area contributed by atoms with E-state index in [-0.39, 0.29) is 18.3 Å². The number of carbonyl (C=O) groups excluding carboxylic acids is 1. The zero-order valence-electron chi connectivity index (χ0n) is 16.5. The number of amides is 1. The van der Waals surface area contributed by atoms with Crippen molar-refractivity contribution in [3.8, 4) is 5.75 Å². The topological polar surface area (TPSA) is 56.2 Å². The number of benzene rings is 3. The van der Waals surface area contributed by atoms with Crippen molar-refractivity contribution in [1.82, 2.24) is 9.78 Å². The van der Waals surface area contributed by atoms with Crippen LogP contribution >= 0.6 is 15.9 Å². The summed E-state index contributed by atoms with van der Waals surface area (Å²) >= 11 is 3.45. The van der Waals surface area contributed by atoms with Crippen molar-refractivity contribution < 1.29 is 13.9 Å². The number of halogens is 2. The van der Waals surface area contributed by atoms with Gasteiger partial charge in [0, 0.05) is 23.4 Å². The van der Waals surface area contributed by atoms with E-state index in [1.54, 1.807) is 47.3 Å². The number of aromatic nitrogens is 2. The summed E-state index contributed by atoms with van der Waals surface area (Å²) in [5.41, 5.74) is 1.89. The lowest BCUT2D eigenvalue weighted by atomic mass is 10.1. The molecule has 1 amide bonds. The van der Waals surface area contributed by atoms with Crippen molar-refractivity contribution in [1.29, 1.82) is 0 Å². The predicted octanol–water partition coefficient (Wildman–Crippen LogP) is 5.66. The second-order valence-electron chi connectivity index (χ2n) is 6.86. The van der Waals surface area contributed by atoms with Crippen LogP contribution in [0.15, 0.2) is 89.5 Å². The molecule has 31 heavy (non-hydrogen) atoms. The van der Waals surface area contributed by atoms with Gasteiger partial charge in [-0.1, -0.05) is 42.5 Å². The maximum atomic E-state index is 13.8. The van der Waals surface area contributed by atoms with E-state index in [0.29, 0.717) is 23.6 Å². The van der Waals surface area contributed by atoms with E-state index in [4.69, 9.17) is 4.74 Å². The molecule has 0 spiro atoms. The molecule has 0 unspecified atom stereocenters. The van der Waals surface area contributed by atoms with E-state index in [0.717, 1.165) is 15.8 Å². The van der Waals surface area contributed by atoms with Crippen LogP contribution in [0.4, 0.5) is 10.2 Å². The van der Waals surface area contributed by atoms with Crippen LogP contribution in [0.5, 0.6) is 5.75 Å². The van der Waals surface area contributed by atoms with Gasteiger partial charge in [-0.25, -0.2) is 4.39 Å². The van der Waals surface area contributed by atoms with Gasteiger partial charge in [0.05, 0.1) is 11.0 Å². The van der Waals surface area contributed by atoms with Gasteiger partial charge in [-0.15, -0.1) is 0 Å². The third-order valence-electron chi connectivity index (χ3n) is 4.59. The summed E-state index contributed by atoms with van der Waals surface area (Å²) in [5, 5.41) is 7.08. The number of hydrogen-bond acceptors (Lipinski definition) is 3. The first kappa shape index (κ1) is 20.8. The fourth-order valence-corrected chi connectivity index (χ4v) is 3.43. The Bertz CT molecular complexity index is 1210. The number of ether oxygens (including phenoxy) is 1. The summed E-state index contributed by atoms with van der Waals surface area (Å²) in [4.78, 5) is 12.6. The molecule has 3 aromatic carbocycles. The van der Waals surface area contributed by atoms with Crippen LogP contribution in [-0.2, 0) is 13.2 Å². The number of nitrogens with zero attached hydrogens (tertiary/aromatic N) is 2. The van der Waals surface area contributed by atoms with E-state index in [9.17, 15) is 9.18 Å². The first-order chi connectivity index (χ1) is 15.1. The van der Waals surface area contributed by atoms with Gasteiger partial charge in [-0.05, 0) is 51.8 Å². The van der Waals surface area contributed by atoms with Crippen LogP contribution in [0.3, 0.4) is 0 Å². The number of para-hydroxylation sites is 1. The minimum Gasteiger partial charge on any atom is -0.488 e. The van der Waals surface area contributed by atoms with Crippen molar-refractivity contribution in [3.05, 3.63) is 112 Å². The highest BCUT2D eigenvalue weighted by atomic mass is 79.9. The zero-order chi connectivity index (χ0) is 21.6. The maximum absolute atomic E-state index is 13.8. The molecule has 156 valence electrons. The van der Waals surface area contributed by atoms with E-state index >= 15 is 0 Å². The van der Waals surface area contributed by atoms with Gasteiger partial charge in [-0.3, -0.25) is 9.48 Å². The molecule has 0 saturated heterocycles. The van der Waals surface area contributed by atoms with Gasteiger partial charge >= 0.3 is 0 Å². The van der Waals surface area contributed by atoms with E-state index in [1.807, 2.05) is 36.4 Å². The Morgan fingerprint density at radius 2 is 1.84 bits per heavy atom. The van der Waals surface area contributed by atoms with Crippen LogP contribution in [0, 0.1) is 5.82 Å². The minimum absolute atomic E-state index is 0.279. The Labute approximate surface area is 187 Å². The van der Waals surface area contributed by atoms with Gasteiger partial charge < -0.3 is 10.1 Å². The molecular weight excluding hydrogens is 461 g/mol. The van der Waals surface area contributed by atoms with Crippen molar-refractivity contribution in [2.24, 2.45) is 0 Å². The zero-order valence-corrected chi connectivity index (χ0v) is 18.0. The van der Waals surface area contributed by atoms with E-state index in [2.05, 4.69) is 26.3 Å². The molecule has 1 N–H and O–H groups in total. The van der Waals surface area contributed by atoms with Crippen molar-refractivity contribution >= 4 is 27.7 Å². The Morgan fingerprint density at radius 3 is 2.68 bits per heavy atom. The van der Waals surface area contributed by atoms with Crippen LogP contribution < -0.4 is 10.1 Å². The summed E-state index contributed by atoms with van der Waals surface area (Å²) < 4.78 is 22.1. The Hall–Kier alpha value is -3.45. The molecule has 0 atom stereocenters. The molecule has 4 aromatic rings. The Kier molecular flexibility index (Phi) is 6.43. The standard InChI is InChI=1S/C24H19BrFN3O2/c25-20-9-2-4-11-22(20)31-16-17-6-5-8-18(14-17)24(30)27-23-12-13-29(28-23)15-19-7-1-3-10-21(19)26/h1-14H,15-16H2,(H,27,28,30). The number of anilines is 1. The van der Waals surface area contributed by atoms with Crippen LogP contribution in [-0.4, -0.2) is 15.7 Å². The molecule has 0 fully saturated rings. The number of carbonyl (C=O) groups is 1. The SMILES string of the molecule is O=C(Nc1ccn(Cc2ccccc2F)n1)c1cccc(COc2ccccc2Br)c1. The molecule has 0 radical (unpaired) electrons. The highest BCUT2D eigenvalue weighted by molar-refractivity contribution is 9.10. The summed E-state index contributed by atoms with van der Waals surface area (Å²) in [5.74, 6) is 0.568. The lowest BCUT2D eigenvalue weighted by Crippen LogP contribution is -2.13. The fraction of sp³-hybridized carbons (Fsp3) is 0.0833. The van der Waals surface area contributed by atoms with Crippen molar-refractivity contribution in [3.63, 3.8) is 0 Å². The van der Waals surface area contributed by atoms with Gasteiger partial charge in [0.25, 0.3) is 5.91 Å². The van der Waals surface area contributed by atoms with Gasteiger partial charge in [0.15, 0.2) is 5.82 Å². The molecule has 5 nitrogen and oxygen atoms in total. The first-order valence-electron chi connectivity index (χ1n) is 9.63. The maximum Gasteiger partial charge on any atom is 0.256 e. The average molecular weight is 480 g/mol. The molecule has 1 heterocycles. The summed E-state index contributed by atoms with van der Waals surface area (Å²) in [6, 6.07) is 23.0. The quantitative estimate of drug-likeness (QED) is 0.371. The van der Waals surface area contributed by atoms with Crippen molar-refractivity contribution in [2.45, 2.75) is 13.2 Å². The molecule has 0 aliphatic rings. The van der Waals surface area contributed by atoms with E-state index < -0.39 is 0 Å². The van der Waals surface area contributed by atoms with Crippen LogP contribution in [0.2, 0.25) is 0 Å². The molecule has 1 aromatic heterocycles. The molecule has 0 aliphatic carbocycles. The van der Waals surface area contributed by atoms with Crippen LogP contribution in [0.25, 0.3) is 0 Å². The Morgan fingerprint density at radius 1 is 1.03 bits per heavy atom.